The van der Waals surface area contributed by atoms with Gasteiger partial charge in [0.2, 0.25) is 15.9 Å². The fraction of sp³-hybridized carbons (Fsp3) is 0.536. The third kappa shape index (κ3) is 6.28. The summed E-state index contributed by atoms with van der Waals surface area (Å²) in [6, 6.07) is 16.6. The summed E-state index contributed by atoms with van der Waals surface area (Å²) in [6.07, 6.45) is 8.38. The Morgan fingerprint density at radius 1 is 1.06 bits per heavy atom. The van der Waals surface area contributed by atoms with Crippen LogP contribution in [0.15, 0.2) is 48.5 Å². The van der Waals surface area contributed by atoms with Gasteiger partial charge in [0, 0.05) is 13.1 Å². The molecule has 0 saturated carbocycles. The van der Waals surface area contributed by atoms with E-state index < -0.39 is 10.0 Å². The molecule has 0 radical (unpaired) electrons. The number of piperidine rings is 1. The molecule has 1 saturated heterocycles. The van der Waals surface area contributed by atoms with E-state index in [-0.39, 0.29) is 23.6 Å². The van der Waals surface area contributed by atoms with E-state index in [1.54, 1.807) is 4.31 Å². The molecule has 34 heavy (non-hydrogen) atoms. The topological polar surface area (TPSA) is 66.5 Å². The van der Waals surface area contributed by atoms with Gasteiger partial charge >= 0.3 is 0 Å². The van der Waals surface area contributed by atoms with Crippen LogP contribution >= 0.6 is 0 Å². The van der Waals surface area contributed by atoms with E-state index in [1.807, 2.05) is 30.3 Å². The highest BCUT2D eigenvalue weighted by Gasteiger charge is 2.32. The summed E-state index contributed by atoms with van der Waals surface area (Å²) in [4.78, 5) is 13.2. The van der Waals surface area contributed by atoms with Crippen LogP contribution < -0.4 is 5.32 Å². The second-order valence-corrected chi connectivity index (χ2v) is 11.9. The number of carbonyl (C=O) groups is 1. The van der Waals surface area contributed by atoms with Gasteiger partial charge in [0.05, 0.1) is 17.7 Å². The molecule has 0 aromatic heterocycles. The number of aryl methyl sites for hydroxylation is 3. The fourth-order valence-corrected chi connectivity index (χ4v) is 6.90. The van der Waals surface area contributed by atoms with Crippen LogP contribution in [-0.2, 0) is 34.1 Å². The van der Waals surface area contributed by atoms with Crippen LogP contribution in [0.3, 0.4) is 0 Å². The summed E-state index contributed by atoms with van der Waals surface area (Å²) in [6.45, 7) is 2.90. The van der Waals surface area contributed by atoms with Gasteiger partial charge in [-0.15, -0.1) is 0 Å². The van der Waals surface area contributed by atoms with E-state index >= 15 is 0 Å². The Bertz CT molecular complexity index is 1070. The minimum atomic E-state index is -3.36. The molecule has 184 valence electrons. The maximum Gasteiger partial charge on any atom is 0.224 e. The van der Waals surface area contributed by atoms with Crippen LogP contribution in [0.4, 0.5) is 0 Å². The molecule has 1 heterocycles. The predicted octanol–water partition coefficient (Wildman–Crippen LogP) is 4.81. The first-order chi connectivity index (χ1) is 16.5. The van der Waals surface area contributed by atoms with E-state index in [2.05, 4.69) is 30.4 Å². The average Bonchev–Trinajstić information content (AvgIpc) is 2.87. The van der Waals surface area contributed by atoms with Gasteiger partial charge in [-0.1, -0.05) is 55.5 Å². The molecule has 1 N–H and O–H groups in total. The van der Waals surface area contributed by atoms with Crippen molar-refractivity contribution in [2.24, 2.45) is 5.92 Å². The van der Waals surface area contributed by atoms with Crippen molar-refractivity contribution in [2.45, 2.75) is 70.8 Å². The highest BCUT2D eigenvalue weighted by Crippen LogP contribution is 2.27. The number of hydrogen-bond donors (Lipinski definition) is 1. The Kier molecular flexibility index (Phi) is 8.43. The zero-order valence-corrected chi connectivity index (χ0v) is 21.2. The second kappa shape index (κ2) is 11.5. The Balaban J connectivity index is 1.34. The maximum absolute atomic E-state index is 13.2. The van der Waals surface area contributed by atoms with Gasteiger partial charge in [0.25, 0.3) is 0 Å². The highest BCUT2D eigenvalue weighted by atomic mass is 32.2. The van der Waals surface area contributed by atoms with E-state index in [0.717, 1.165) is 49.7 Å². The number of nitrogens with one attached hydrogen (secondary N) is 1. The third-order valence-electron chi connectivity index (χ3n) is 7.36. The lowest BCUT2D eigenvalue weighted by molar-refractivity contribution is -0.126. The molecule has 1 fully saturated rings. The first-order valence-corrected chi connectivity index (χ1v) is 14.5. The van der Waals surface area contributed by atoms with Crippen molar-refractivity contribution in [3.05, 3.63) is 70.8 Å². The molecule has 2 aliphatic rings. The largest absolute Gasteiger partial charge is 0.349 e. The molecule has 1 aliphatic carbocycles. The molecule has 1 amide bonds. The molecular formula is C28H38N2O3S. The minimum Gasteiger partial charge on any atom is -0.349 e. The van der Waals surface area contributed by atoms with E-state index in [4.69, 9.17) is 0 Å². The Morgan fingerprint density at radius 3 is 2.59 bits per heavy atom. The number of carbonyl (C=O) groups excluding carboxylic acids is 1. The van der Waals surface area contributed by atoms with Crippen molar-refractivity contribution < 1.29 is 13.2 Å². The zero-order valence-electron chi connectivity index (χ0n) is 20.3. The summed E-state index contributed by atoms with van der Waals surface area (Å²) in [5.74, 6) is -0.179. The van der Waals surface area contributed by atoms with Crippen molar-refractivity contribution in [3.8, 4) is 0 Å². The molecule has 4 rings (SSSR count). The summed E-state index contributed by atoms with van der Waals surface area (Å²) >= 11 is 0. The number of nitrogens with zero attached hydrogens (tertiary/aromatic N) is 1. The number of rotatable bonds is 9. The molecule has 6 heteroatoms. The van der Waals surface area contributed by atoms with Crippen LogP contribution in [0, 0.1) is 5.92 Å². The third-order valence-corrected chi connectivity index (χ3v) is 9.28. The molecule has 1 aliphatic heterocycles. The molecule has 2 atom stereocenters. The lowest BCUT2D eigenvalue weighted by Crippen LogP contribution is -2.46. The molecule has 0 spiro atoms. The Morgan fingerprint density at radius 2 is 1.82 bits per heavy atom. The molecular weight excluding hydrogens is 444 g/mol. The minimum absolute atomic E-state index is 0.0197. The lowest BCUT2D eigenvalue weighted by atomic mass is 9.88. The SMILES string of the molecule is CC[C@@H](NC(=O)[C@H]1CCCN(S(=O)(=O)CCCc2ccccc2)C1)c1ccc2c(c1)CCCC2. The Labute approximate surface area is 205 Å². The van der Waals surface area contributed by atoms with Crippen LogP contribution in [0.25, 0.3) is 0 Å². The smallest absolute Gasteiger partial charge is 0.224 e. The summed E-state index contributed by atoms with van der Waals surface area (Å²) in [7, 11) is -3.36. The first-order valence-electron chi connectivity index (χ1n) is 12.9. The van der Waals surface area contributed by atoms with Crippen molar-refractivity contribution in [1.82, 2.24) is 9.62 Å². The lowest BCUT2D eigenvalue weighted by Gasteiger charge is -2.32. The number of fused-ring (bicyclic) bond motifs is 1. The van der Waals surface area contributed by atoms with Gasteiger partial charge in [0.1, 0.15) is 0 Å². The van der Waals surface area contributed by atoms with E-state index in [9.17, 15) is 13.2 Å². The van der Waals surface area contributed by atoms with Gasteiger partial charge in [-0.25, -0.2) is 12.7 Å². The monoisotopic (exact) mass is 482 g/mol. The highest BCUT2D eigenvalue weighted by molar-refractivity contribution is 7.89. The van der Waals surface area contributed by atoms with Crippen LogP contribution in [-0.4, -0.2) is 37.5 Å². The standard InChI is InChI=1S/C28H38N2O3S/c1-2-27(25-17-16-23-13-6-7-14-24(23)20-25)29-28(31)26-15-8-18-30(21-26)34(32,33)19-9-12-22-10-4-3-5-11-22/h3-5,10-11,16-17,20,26-27H,2,6-9,12-15,18-19,21H2,1H3,(H,29,31)/t26-,27+/m0/s1. The number of sulfonamides is 1. The summed E-state index contributed by atoms with van der Waals surface area (Å²) in [5, 5.41) is 3.24. The van der Waals surface area contributed by atoms with Gasteiger partial charge < -0.3 is 5.32 Å². The maximum atomic E-state index is 13.2. The van der Waals surface area contributed by atoms with Gasteiger partial charge in [-0.2, -0.15) is 0 Å². The quantitative estimate of drug-likeness (QED) is 0.558. The predicted molar refractivity (Wildman–Crippen MR) is 137 cm³/mol. The zero-order chi connectivity index (χ0) is 24.0. The molecule has 5 nitrogen and oxygen atoms in total. The van der Waals surface area contributed by atoms with Gasteiger partial charge in [0.15, 0.2) is 0 Å². The van der Waals surface area contributed by atoms with Crippen LogP contribution in [0.5, 0.6) is 0 Å². The van der Waals surface area contributed by atoms with Crippen molar-refractivity contribution in [2.75, 3.05) is 18.8 Å². The molecule has 0 unspecified atom stereocenters. The summed E-state index contributed by atoms with van der Waals surface area (Å²) in [5.41, 5.74) is 5.18. The van der Waals surface area contributed by atoms with Gasteiger partial charge in [-0.05, 0) is 80.0 Å². The molecule has 0 bridgehead atoms. The van der Waals surface area contributed by atoms with E-state index in [0.29, 0.717) is 19.5 Å². The fourth-order valence-electron chi connectivity index (χ4n) is 5.32. The number of amides is 1. The second-order valence-electron chi connectivity index (χ2n) is 9.81. The van der Waals surface area contributed by atoms with Gasteiger partial charge in [-0.3, -0.25) is 4.79 Å². The van der Waals surface area contributed by atoms with Crippen LogP contribution in [0.2, 0.25) is 0 Å². The van der Waals surface area contributed by atoms with Crippen molar-refractivity contribution in [3.63, 3.8) is 0 Å². The Hall–Kier alpha value is -2.18. The average molecular weight is 483 g/mol. The normalized spacial score (nSPS) is 19.9. The molecule has 2 aromatic rings. The molecule has 2 aromatic carbocycles. The van der Waals surface area contributed by atoms with Crippen LogP contribution in [0.1, 0.15) is 73.7 Å². The number of benzene rings is 2. The summed E-state index contributed by atoms with van der Waals surface area (Å²) < 4.78 is 27.5. The van der Waals surface area contributed by atoms with Crippen molar-refractivity contribution >= 4 is 15.9 Å². The first kappa shape index (κ1) is 24.9. The van der Waals surface area contributed by atoms with Crippen molar-refractivity contribution in [1.29, 1.82) is 0 Å². The van der Waals surface area contributed by atoms with E-state index in [1.165, 1.54) is 24.0 Å². The number of hydrogen-bond acceptors (Lipinski definition) is 3.